The van der Waals surface area contributed by atoms with Gasteiger partial charge in [0.15, 0.2) is 0 Å². The summed E-state index contributed by atoms with van der Waals surface area (Å²) in [6, 6.07) is 0. The Morgan fingerprint density at radius 3 is 2.20 bits per heavy atom. The molecule has 4 aliphatic carbocycles. The Balaban J connectivity index is 1.85. The number of carbonyl (C=O) groups is 1. The van der Waals surface area contributed by atoms with Crippen LogP contribution in [0.15, 0.2) is 6.33 Å². The van der Waals surface area contributed by atoms with E-state index in [1.165, 1.54) is 25.6 Å². The molecule has 1 aromatic rings. The van der Waals surface area contributed by atoms with E-state index >= 15 is 0 Å². The minimum absolute atomic E-state index is 0.0560. The lowest BCUT2D eigenvalue weighted by atomic mass is 9.48. The fourth-order valence-corrected chi connectivity index (χ4v) is 5.41. The molecule has 1 heterocycles. The van der Waals surface area contributed by atoms with E-state index in [1.807, 2.05) is 0 Å². The van der Waals surface area contributed by atoms with E-state index in [1.54, 1.807) is 0 Å². The molecule has 4 fully saturated rings. The Kier molecular flexibility index (Phi) is 2.38. The minimum Gasteiger partial charge on any atom is -0.477 e. The molecule has 4 aliphatic rings. The number of aromatic nitrogens is 2. The van der Waals surface area contributed by atoms with Crippen LogP contribution in [0.5, 0.6) is 0 Å². The zero-order chi connectivity index (χ0) is 13.9. The van der Waals surface area contributed by atoms with Crippen LogP contribution in [-0.2, 0) is 5.41 Å². The number of nitrogen functional groups attached to an aromatic ring is 1. The second kappa shape index (κ2) is 3.93. The molecular weight excluding hydrogens is 254 g/mol. The van der Waals surface area contributed by atoms with E-state index in [-0.39, 0.29) is 16.8 Å². The molecule has 0 unspecified atom stereocenters. The molecule has 5 nitrogen and oxygen atoms in total. The van der Waals surface area contributed by atoms with Gasteiger partial charge < -0.3 is 10.8 Å². The Bertz CT molecular complexity index is 549. The van der Waals surface area contributed by atoms with Crippen LogP contribution >= 0.6 is 0 Å². The monoisotopic (exact) mass is 273 g/mol. The van der Waals surface area contributed by atoms with Crippen molar-refractivity contribution in [2.45, 2.75) is 43.9 Å². The van der Waals surface area contributed by atoms with Gasteiger partial charge in [0.1, 0.15) is 17.7 Å². The number of nitrogens with zero attached hydrogens (tertiary/aromatic N) is 2. The second-order valence-corrected chi connectivity index (χ2v) is 6.99. The summed E-state index contributed by atoms with van der Waals surface area (Å²) in [6.07, 6.45) is 8.63. The Morgan fingerprint density at radius 1 is 1.15 bits per heavy atom. The molecular formula is C15H19N3O2. The number of nitrogens with two attached hydrogens (primary N) is 1. The molecule has 4 bridgehead atoms. The SMILES string of the molecule is Nc1ncnc(C23CC4CC(CC(C4)C2)C3)c1C(=O)O. The molecule has 0 radical (unpaired) electrons. The molecule has 1 aromatic heterocycles. The standard InChI is InChI=1S/C15H19N3O2/c16-13-11(14(19)20)12(17-7-18-13)15-4-8-1-9(5-15)3-10(2-8)6-15/h7-10H,1-6H2,(H,19,20)(H2,16,17,18). The summed E-state index contributed by atoms with van der Waals surface area (Å²) in [4.78, 5) is 19.8. The maximum Gasteiger partial charge on any atom is 0.341 e. The number of rotatable bonds is 2. The first-order chi connectivity index (χ1) is 9.57. The highest BCUT2D eigenvalue weighted by molar-refractivity contribution is 5.94. The van der Waals surface area contributed by atoms with Gasteiger partial charge in [0, 0.05) is 5.41 Å². The molecule has 0 aromatic carbocycles. The molecule has 0 amide bonds. The molecule has 3 N–H and O–H groups in total. The van der Waals surface area contributed by atoms with Crippen molar-refractivity contribution in [3.8, 4) is 0 Å². The van der Waals surface area contributed by atoms with Crippen molar-refractivity contribution in [2.24, 2.45) is 17.8 Å². The third-order valence-corrected chi connectivity index (χ3v) is 5.63. The van der Waals surface area contributed by atoms with Gasteiger partial charge >= 0.3 is 5.97 Å². The highest BCUT2D eigenvalue weighted by atomic mass is 16.4. The highest BCUT2D eigenvalue weighted by Gasteiger charge is 2.53. The zero-order valence-electron chi connectivity index (χ0n) is 11.4. The smallest absolute Gasteiger partial charge is 0.341 e. The van der Waals surface area contributed by atoms with Crippen molar-refractivity contribution in [1.82, 2.24) is 9.97 Å². The van der Waals surface area contributed by atoms with E-state index in [9.17, 15) is 9.90 Å². The van der Waals surface area contributed by atoms with Crippen LogP contribution in [0, 0.1) is 17.8 Å². The lowest BCUT2D eigenvalue weighted by Gasteiger charge is -2.56. The largest absolute Gasteiger partial charge is 0.477 e. The molecule has 0 saturated heterocycles. The van der Waals surface area contributed by atoms with Crippen molar-refractivity contribution < 1.29 is 9.90 Å². The highest BCUT2D eigenvalue weighted by Crippen LogP contribution is 2.60. The van der Waals surface area contributed by atoms with E-state index in [0.717, 1.165) is 37.0 Å². The topological polar surface area (TPSA) is 89.1 Å². The first-order valence-electron chi connectivity index (χ1n) is 7.41. The van der Waals surface area contributed by atoms with Gasteiger partial charge in [0.2, 0.25) is 0 Å². The quantitative estimate of drug-likeness (QED) is 0.862. The average Bonchev–Trinajstić information content (AvgIpc) is 2.36. The van der Waals surface area contributed by atoms with Crippen LogP contribution < -0.4 is 5.73 Å². The third-order valence-electron chi connectivity index (χ3n) is 5.63. The van der Waals surface area contributed by atoms with Gasteiger partial charge in [-0.25, -0.2) is 14.8 Å². The summed E-state index contributed by atoms with van der Waals surface area (Å²) < 4.78 is 0. The van der Waals surface area contributed by atoms with Gasteiger partial charge in [-0.2, -0.15) is 0 Å². The predicted octanol–water partition coefficient (Wildman–Crippen LogP) is 2.22. The van der Waals surface area contributed by atoms with Gasteiger partial charge in [-0.1, -0.05) is 0 Å². The van der Waals surface area contributed by atoms with E-state index in [4.69, 9.17) is 5.73 Å². The molecule has 20 heavy (non-hydrogen) atoms. The fraction of sp³-hybridized carbons (Fsp3) is 0.667. The number of hydrogen-bond acceptors (Lipinski definition) is 4. The Morgan fingerprint density at radius 2 is 1.70 bits per heavy atom. The van der Waals surface area contributed by atoms with Crippen LogP contribution in [0.1, 0.15) is 54.6 Å². The van der Waals surface area contributed by atoms with Gasteiger partial charge in [0.25, 0.3) is 0 Å². The molecule has 106 valence electrons. The Labute approximate surface area is 117 Å². The number of carboxylic acids is 1. The lowest BCUT2D eigenvalue weighted by Crippen LogP contribution is -2.49. The van der Waals surface area contributed by atoms with Gasteiger partial charge in [0.05, 0.1) is 5.69 Å². The number of aromatic carboxylic acids is 1. The van der Waals surface area contributed by atoms with E-state index < -0.39 is 5.97 Å². The minimum atomic E-state index is -0.992. The van der Waals surface area contributed by atoms with Crippen molar-refractivity contribution >= 4 is 11.8 Å². The maximum absolute atomic E-state index is 11.6. The predicted molar refractivity (Wildman–Crippen MR) is 73.3 cm³/mol. The molecule has 5 rings (SSSR count). The van der Waals surface area contributed by atoms with E-state index in [0.29, 0.717) is 5.69 Å². The lowest BCUT2D eigenvalue weighted by molar-refractivity contribution is -0.00790. The number of hydrogen-bond donors (Lipinski definition) is 2. The molecule has 4 saturated carbocycles. The zero-order valence-corrected chi connectivity index (χ0v) is 11.4. The molecule has 0 atom stereocenters. The summed E-state index contributed by atoms with van der Waals surface area (Å²) in [5, 5.41) is 9.49. The fourth-order valence-electron chi connectivity index (χ4n) is 5.41. The number of anilines is 1. The third kappa shape index (κ3) is 1.58. The van der Waals surface area contributed by atoms with Crippen LogP contribution in [0.2, 0.25) is 0 Å². The van der Waals surface area contributed by atoms with Crippen LogP contribution in [0.4, 0.5) is 5.82 Å². The summed E-state index contributed by atoms with van der Waals surface area (Å²) in [7, 11) is 0. The van der Waals surface area contributed by atoms with Crippen molar-refractivity contribution in [2.75, 3.05) is 5.73 Å². The summed E-state index contributed by atoms with van der Waals surface area (Å²) in [5.41, 5.74) is 6.61. The van der Waals surface area contributed by atoms with Crippen LogP contribution in [0.3, 0.4) is 0 Å². The van der Waals surface area contributed by atoms with Crippen LogP contribution in [0.25, 0.3) is 0 Å². The van der Waals surface area contributed by atoms with Gasteiger partial charge in [-0.05, 0) is 56.3 Å². The van der Waals surface area contributed by atoms with Crippen LogP contribution in [-0.4, -0.2) is 21.0 Å². The first-order valence-corrected chi connectivity index (χ1v) is 7.41. The Hall–Kier alpha value is -1.65. The normalized spacial score (nSPS) is 38.1. The van der Waals surface area contributed by atoms with Gasteiger partial charge in [-0.3, -0.25) is 0 Å². The van der Waals surface area contributed by atoms with Crippen molar-refractivity contribution in [1.29, 1.82) is 0 Å². The van der Waals surface area contributed by atoms with Gasteiger partial charge in [-0.15, -0.1) is 0 Å². The average molecular weight is 273 g/mol. The second-order valence-electron chi connectivity index (χ2n) is 6.99. The van der Waals surface area contributed by atoms with E-state index in [2.05, 4.69) is 9.97 Å². The van der Waals surface area contributed by atoms with Crippen molar-refractivity contribution in [3.05, 3.63) is 17.6 Å². The molecule has 0 spiro atoms. The van der Waals surface area contributed by atoms with Crippen molar-refractivity contribution in [3.63, 3.8) is 0 Å². The molecule has 5 heteroatoms. The first kappa shape index (κ1) is 12.1. The number of carboxylic acid groups (broad SMARTS) is 1. The summed E-state index contributed by atoms with van der Waals surface area (Å²) in [5.74, 6) is 1.37. The summed E-state index contributed by atoms with van der Waals surface area (Å²) >= 11 is 0. The summed E-state index contributed by atoms with van der Waals surface area (Å²) in [6.45, 7) is 0. The molecule has 0 aliphatic heterocycles. The maximum atomic E-state index is 11.6.